The van der Waals surface area contributed by atoms with Gasteiger partial charge in [-0.1, -0.05) is 28.1 Å². The predicted octanol–water partition coefficient (Wildman–Crippen LogP) is 7.19. The van der Waals surface area contributed by atoms with Gasteiger partial charge >= 0.3 is 0 Å². The van der Waals surface area contributed by atoms with Crippen LogP contribution in [0.25, 0.3) is 21.3 Å². The minimum Gasteiger partial charge on any atom is -0.494 e. The first-order valence-electron chi connectivity index (χ1n) is 9.50. The van der Waals surface area contributed by atoms with Crippen LogP contribution in [0.4, 0.5) is 11.5 Å². The summed E-state index contributed by atoms with van der Waals surface area (Å²) in [5.74, 6) is 2.48. The smallest absolute Gasteiger partial charge is 0.143 e. The van der Waals surface area contributed by atoms with E-state index < -0.39 is 0 Å². The normalized spacial score (nSPS) is 11.1. The molecule has 4 aromatic rings. The molecular weight excluding hydrogens is 446 g/mol. The molecule has 6 heteroatoms. The van der Waals surface area contributed by atoms with Crippen LogP contribution in [0.2, 0.25) is 0 Å². The summed E-state index contributed by atoms with van der Waals surface area (Å²) in [5.41, 5.74) is 4.50. The number of hydrogen-bond donors (Lipinski definition) is 1. The average Bonchev–Trinajstić information content (AvgIpc) is 3.00. The Hall–Kier alpha value is -2.44. The SMILES string of the molecule is CCOc1ccc(-c2c(C)sc3nc(C)nc(Nc4ccc(Br)cc4C)c23)cc1. The number of rotatable bonds is 5. The third-order valence-electron chi connectivity index (χ3n) is 4.73. The highest BCUT2D eigenvalue weighted by molar-refractivity contribution is 9.10. The number of benzene rings is 2. The van der Waals surface area contributed by atoms with Crippen LogP contribution < -0.4 is 10.1 Å². The zero-order valence-electron chi connectivity index (χ0n) is 16.8. The van der Waals surface area contributed by atoms with E-state index >= 15 is 0 Å². The van der Waals surface area contributed by atoms with Gasteiger partial charge in [0.1, 0.15) is 22.2 Å². The molecule has 0 aliphatic carbocycles. The molecule has 2 aromatic heterocycles. The summed E-state index contributed by atoms with van der Waals surface area (Å²) < 4.78 is 6.66. The number of nitrogens with zero attached hydrogens (tertiary/aromatic N) is 2. The van der Waals surface area contributed by atoms with E-state index in [0.717, 1.165) is 48.9 Å². The molecule has 29 heavy (non-hydrogen) atoms. The topological polar surface area (TPSA) is 47.0 Å². The number of anilines is 2. The molecule has 1 N–H and O–H groups in total. The molecule has 2 aromatic carbocycles. The highest BCUT2D eigenvalue weighted by atomic mass is 79.9. The fraction of sp³-hybridized carbons (Fsp3) is 0.217. The molecule has 0 atom stereocenters. The van der Waals surface area contributed by atoms with E-state index in [1.54, 1.807) is 11.3 Å². The van der Waals surface area contributed by atoms with E-state index in [2.05, 4.69) is 59.4 Å². The van der Waals surface area contributed by atoms with Crippen LogP contribution in [0.5, 0.6) is 5.75 Å². The predicted molar refractivity (Wildman–Crippen MR) is 126 cm³/mol. The lowest BCUT2D eigenvalue weighted by molar-refractivity contribution is 0.340. The van der Waals surface area contributed by atoms with Crippen molar-refractivity contribution in [1.29, 1.82) is 0 Å². The van der Waals surface area contributed by atoms with Crippen molar-refractivity contribution in [2.75, 3.05) is 11.9 Å². The number of nitrogens with one attached hydrogen (secondary N) is 1. The highest BCUT2D eigenvalue weighted by Crippen LogP contribution is 2.42. The molecule has 0 amide bonds. The van der Waals surface area contributed by atoms with Crippen molar-refractivity contribution in [2.24, 2.45) is 0 Å². The van der Waals surface area contributed by atoms with Crippen LogP contribution in [-0.4, -0.2) is 16.6 Å². The second kappa shape index (κ2) is 8.13. The summed E-state index contributed by atoms with van der Waals surface area (Å²) in [6.07, 6.45) is 0. The van der Waals surface area contributed by atoms with E-state index in [4.69, 9.17) is 14.7 Å². The Labute approximate surface area is 183 Å². The molecule has 0 fully saturated rings. The van der Waals surface area contributed by atoms with Gasteiger partial charge in [-0.05, 0) is 69.2 Å². The summed E-state index contributed by atoms with van der Waals surface area (Å²) in [6, 6.07) is 14.4. The highest BCUT2D eigenvalue weighted by Gasteiger charge is 2.18. The zero-order chi connectivity index (χ0) is 20.5. The molecule has 0 saturated carbocycles. The Morgan fingerprint density at radius 1 is 1.03 bits per heavy atom. The van der Waals surface area contributed by atoms with Gasteiger partial charge in [0.2, 0.25) is 0 Å². The van der Waals surface area contributed by atoms with Gasteiger partial charge in [0.05, 0.1) is 12.0 Å². The Bertz CT molecular complexity index is 1190. The molecule has 4 rings (SSSR count). The quantitative estimate of drug-likeness (QED) is 0.337. The van der Waals surface area contributed by atoms with Gasteiger partial charge in [0, 0.05) is 20.6 Å². The van der Waals surface area contributed by atoms with E-state index in [0.29, 0.717) is 6.61 Å². The standard InChI is InChI=1S/C23H22BrN3OS/c1-5-28-18-9-6-16(7-10-18)20-14(3)29-23-21(20)22(25-15(4)26-23)27-19-11-8-17(24)12-13(19)2/h6-12H,5H2,1-4H3,(H,25,26,27). The second-order valence-corrected chi connectivity index (χ2v) is 8.99. The van der Waals surface area contributed by atoms with Gasteiger partial charge in [0.25, 0.3) is 0 Å². The number of aromatic nitrogens is 2. The van der Waals surface area contributed by atoms with E-state index in [9.17, 15) is 0 Å². The van der Waals surface area contributed by atoms with Crippen LogP contribution in [0, 0.1) is 20.8 Å². The summed E-state index contributed by atoms with van der Waals surface area (Å²) in [7, 11) is 0. The molecular formula is C23H22BrN3OS. The summed E-state index contributed by atoms with van der Waals surface area (Å²) in [4.78, 5) is 11.7. The number of hydrogen-bond acceptors (Lipinski definition) is 5. The molecule has 0 unspecified atom stereocenters. The number of ether oxygens (including phenoxy) is 1. The molecule has 0 radical (unpaired) electrons. The van der Waals surface area contributed by atoms with Crippen LogP contribution >= 0.6 is 27.3 Å². The third kappa shape index (κ3) is 4.00. The minimum atomic E-state index is 0.660. The Morgan fingerprint density at radius 2 is 1.79 bits per heavy atom. The van der Waals surface area contributed by atoms with Crippen molar-refractivity contribution in [3.05, 3.63) is 63.2 Å². The maximum absolute atomic E-state index is 5.60. The molecule has 2 heterocycles. The Balaban J connectivity index is 1.86. The molecule has 0 bridgehead atoms. The van der Waals surface area contributed by atoms with Crippen LogP contribution in [0.15, 0.2) is 46.9 Å². The van der Waals surface area contributed by atoms with E-state index in [-0.39, 0.29) is 0 Å². The van der Waals surface area contributed by atoms with Crippen molar-refractivity contribution in [3.63, 3.8) is 0 Å². The molecule has 0 aliphatic heterocycles. The first-order valence-corrected chi connectivity index (χ1v) is 11.1. The lowest BCUT2D eigenvalue weighted by Gasteiger charge is -2.12. The molecule has 4 nitrogen and oxygen atoms in total. The lowest BCUT2D eigenvalue weighted by Crippen LogP contribution is -2.00. The van der Waals surface area contributed by atoms with Crippen molar-refractivity contribution in [3.8, 4) is 16.9 Å². The van der Waals surface area contributed by atoms with Gasteiger partial charge in [-0.25, -0.2) is 9.97 Å². The van der Waals surface area contributed by atoms with Crippen molar-refractivity contribution < 1.29 is 4.74 Å². The van der Waals surface area contributed by atoms with Gasteiger partial charge in [-0.3, -0.25) is 0 Å². The lowest BCUT2D eigenvalue weighted by atomic mass is 10.0. The van der Waals surface area contributed by atoms with Crippen molar-refractivity contribution in [1.82, 2.24) is 9.97 Å². The number of fused-ring (bicyclic) bond motifs is 1. The van der Waals surface area contributed by atoms with Crippen LogP contribution in [0.1, 0.15) is 23.2 Å². The van der Waals surface area contributed by atoms with E-state index in [1.165, 1.54) is 10.4 Å². The number of aryl methyl sites for hydroxylation is 3. The van der Waals surface area contributed by atoms with E-state index in [1.807, 2.05) is 32.0 Å². The van der Waals surface area contributed by atoms with Crippen LogP contribution in [-0.2, 0) is 0 Å². The minimum absolute atomic E-state index is 0.660. The molecule has 0 saturated heterocycles. The first kappa shape index (κ1) is 19.9. The van der Waals surface area contributed by atoms with Gasteiger partial charge in [-0.15, -0.1) is 11.3 Å². The third-order valence-corrected chi connectivity index (χ3v) is 6.23. The van der Waals surface area contributed by atoms with Crippen LogP contribution in [0.3, 0.4) is 0 Å². The number of thiophene rings is 1. The summed E-state index contributed by atoms with van der Waals surface area (Å²) in [6.45, 7) is 8.82. The maximum Gasteiger partial charge on any atom is 0.143 e. The Kier molecular flexibility index (Phi) is 5.56. The second-order valence-electron chi connectivity index (χ2n) is 6.87. The Morgan fingerprint density at radius 3 is 2.48 bits per heavy atom. The largest absolute Gasteiger partial charge is 0.494 e. The van der Waals surface area contributed by atoms with Gasteiger partial charge in [0.15, 0.2) is 0 Å². The van der Waals surface area contributed by atoms with Crippen molar-refractivity contribution >= 4 is 49.0 Å². The first-order chi connectivity index (χ1) is 14.0. The summed E-state index contributed by atoms with van der Waals surface area (Å²) in [5, 5.41) is 4.61. The van der Waals surface area contributed by atoms with Gasteiger partial charge < -0.3 is 10.1 Å². The zero-order valence-corrected chi connectivity index (χ0v) is 19.2. The molecule has 148 valence electrons. The number of halogens is 1. The fourth-order valence-electron chi connectivity index (χ4n) is 3.44. The maximum atomic E-state index is 5.60. The molecule has 0 aliphatic rings. The monoisotopic (exact) mass is 467 g/mol. The van der Waals surface area contributed by atoms with Gasteiger partial charge in [-0.2, -0.15) is 0 Å². The fourth-order valence-corrected chi connectivity index (χ4v) is 5.00. The van der Waals surface area contributed by atoms with Crippen molar-refractivity contribution in [2.45, 2.75) is 27.7 Å². The molecule has 0 spiro atoms. The average molecular weight is 468 g/mol. The summed E-state index contributed by atoms with van der Waals surface area (Å²) >= 11 is 5.24.